The molecule has 0 bridgehead atoms. The van der Waals surface area contributed by atoms with Gasteiger partial charge in [0.15, 0.2) is 0 Å². The predicted molar refractivity (Wildman–Crippen MR) is 103 cm³/mol. The lowest BCUT2D eigenvalue weighted by atomic mass is 10.1. The van der Waals surface area contributed by atoms with Crippen LogP contribution in [0.15, 0.2) is 34.7 Å². The van der Waals surface area contributed by atoms with Crippen molar-refractivity contribution in [2.45, 2.75) is 39.2 Å². The molecule has 2 amide bonds. The van der Waals surface area contributed by atoms with Crippen LogP contribution in [-0.2, 0) is 9.53 Å². The maximum absolute atomic E-state index is 13.0. The molecule has 1 aliphatic rings. The van der Waals surface area contributed by atoms with Crippen molar-refractivity contribution in [3.63, 3.8) is 0 Å². The van der Waals surface area contributed by atoms with E-state index in [0.29, 0.717) is 35.9 Å². The Morgan fingerprint density at radius 2 is 2.00 bits per heavy atom. The van der Waals surface area contributed by atoms with E-state index in [1.807, 2.05) is 0 Å². The molecule has 1 N–H and O–H groups in total. The standard InChI is InChI=1S/C21H25FN2O4/c1-14-12-19(15(2)28-14)21(26)24(13-18-4-3-11-27-18)10-9-20(25)23-17-7-5-16(22)6-8-17/h5-8,12,18H,3-4,9-11,13H2,1-2H3,(H,23,25)/t18-/m1/s1. The molecule has 1 fully saturated rings. The number of ether oxygens (including phenoxy) is 1. The second-order valence-electron chi connectivity index (χ2n) is 7.02. The van der Waals surface area contributed by atoms with E-state index in [9.17, 15) is 14.0 Å². The van der Waals surface area contributed by atoms with E-state index < -0.39 is 0 Å². The normalized spacial score (nSPS) is 16.2. The highest BCUT2D eigenvalue weighted by atomic mass is 19.1. The van der Waals surface area contributed by atoms with Crippen LogP contribution < -0.4 is 5.32 Å². The molecule has 0 aliphatic carbocycles. The third-order valence-electron chi connectivity index (χ3n) is 4.74. The van der Waals surface area contributed by atoms with Crippen LogP contribution in [0.1, 0.15) is 41.1 Å². The van der Waals surface area contributed by atoms with Crippen LogP contribution in [0.25, 0.3) is 0 Å². The van der Waals surface area contributed by atoms with Gasteiger partial charge in [0.25, 0.3) is 5.91 Å². The Balaban J connectivity index is 1.64. The van der Waals surface area contributed by atoms with Gasteiger partial charge < -0.3 is 19.4 Å². The highest BCUT2D eigenvalue weighted by molar-refractivity contribution is 5.96. The number of anilines is 1. The van der Waals surface area contributed by atoms with Gasteiger partial charge in [0.2, 0.25) is 5.91 Å². The first-order valence-electron chi connectivity index (χ1n) is 9.45. The number of nitrogens with one attached hydrogen (secondary N) is 1. The van der Waals surface area contributed by atoms with Crippen molar-refractivity contribution in [3.05, 3.63) is 53.2 Å². The van der Waals surface area contributed by atoms with Crippen molar-refractivity contribution in [3.8, 4) is 0 Å². The minimum Gasteiger partial charge on any atom is -0.466 e. The van der Waals surface area contributed by atoms with Crippen molar-refractivity contribution < 1.29 is 23.1 Å². The summed E-state index contributed by atoms with van der Waals surface area (Å²) in [7, 11) is 0. The molecule has 7 heteroatoms. The molecule has 150 valence electrons. The van der Waals surface area contributed by atoms with E-state index in [2.05, 4.69) is 5.32 Å². The van der Waals surface area contributed by atoms with Crippen LogP contribution in [-0.4, -0.2) is 42.5 Å². The van der Waals surface area contributed by atoms with Crippen molar-refractivity contribution in [1.29, 1.82) is 0 Å². The summed E-state index contributed by atoms with van der Waals surface area (Å²) in [5.74, 6) is 0.468. The quantitative estimate of drug-likeness (QED) is 0.785. The fraction of sp³-hybridized carbons (Fsp3) is 0.429. The van der Waals surface area contributed by atoms with Crippen molar-refractivity contribution in [2.24, 2.45) is 0 Å². The molecule has 0 saturated carbocycles. The number of aryl methyl sites for hydroxylation is 2. The Morgan fingerprint density at radius 1 is 1.25 bits per heavy atom. The topological polar surface area (TPSA) is 71.8 Å². The highest BCUT2D eigenvalue weighted by Gasteiger charge is 2.26. The van der Waals surface area contributed by atoms with Gasteiger partial charge in [-0.15, -0.1) is 0 Å². The van der Waals surface area contributed by atoms with Crippen molar-refractivity contribution >= 4 is 17.5 Å². The fourth-order valence-electron chi connectivity index (χ4n) is 3.32. The average Bonchev–Trinajstić information content (AvgIpc) is 3.29. The molecule has 0 spiro atoms. The summed E-state index contributed by atoms with van der Waals surface area (Å²) in [6, 6.07) is 7.29. The zero-order valence-corrected chi connectivity index (χ0v) is 16.2. The van der Waals surface area contributed by atoms with E-state index in [0.717, 1.165) is 12.8 Å². The summed E-state index contributed by atoms with van der Waals surface area (Å²) in [5, 5.41) is 2.72. The molecule has 6 nitrogen and oxygen atoms in total. The first-order valence-corrected chi connectivity index (χ1v) is 9.45. The second kappa shape index (κ2) is 9.01. The van der Waals surface area contributed by atoms with Gasteiger partial charge in [0.1, 0.15) is 17.3 Å². The molecule has 2 heterocycles. The lowest BCUT2D eigenvalue weighted by molar-refractivity contribution is -0.116. The third-order valence-corrected chi connectivity index (χ3v) is 4.74. The molecular formula is C21H25FN2O4. The monoisotopic (exact) mass is 388 g/mol. The Labute approximate surface area is 163 Å². The number of carbonyl (C=O) groups excluding carboxylic acids is 2. The summed E-state index contributed by atoms with van der Waals surface area (Å²) in [6.45, 7) is 4.94. The maximum Gasteiger partial charge on any atom is 0.257 e. The van der Waals surface area contributed by atoms with E-state index in [4.69, 9.17) is 9.15 Å². The molecule has 1 aliphatic heterocycles. The summed E-state index contributed by atoms with van der Waals surface area (Å²) in [6.07, 6.45) is 1.99. The maximum atomic E-state index is 13.0. The van der Waals surface area contributed by atoms with Crippen LogP contribution in [0.3, 0.4) is 0 Å². The fourth-order valence-corrected chi connectivity index (χ4v) is 3.32. The van der Waals surface area contributed by atoms with E-state index >= 15 is 0 Å². The molecule has 2 aromatic rings. The molecular weight excluding hydrogens is 363 g/mol. The summed E-state index contributed by atoms with van der Waals surface area (Å²) in [4.78, 5) is 26.9. The largest absolute Gasteiger partial charge is 0.466 e. The van der Waals surface area contributed by atoms with E-state index in [-0.39, 0.29) is 36.7 Å². The lowest BCUT2D eigenvalue weighted by Gasteiger charge is -2.25. The molecule has 1 aromatic carbocycles. The van der Waals surface area contributed by atoms with Gasteiger partial charge in [0, 0.05) is 31.8 Å². The van der Waals surface area contributed by atoms with Crippen LogP contribution >= 0.6 is 0 Å². The predicted octanol–water partition coefficient (Wildman–Crippen LogP) is 3.69. The molecule has 1 atom stereocenters. The molecule has 3 rings (SSSR count). The third kappa shape index (κ3) is 5.19. The number of halogens is 1. The highest BCUT2D eigenvalue weighted by Crippen LogP contribution is 2.19. The van der Waals surface area contributed by atoms with Gasteiger partial charge in [-0.05, 0) is 57.0 Å². The van der Waals surface area contributed by atoms with Crippen LogP contribution in [0.4, 0.5) is 10.1 Å². The Bertz CT molecular complexity index is 825. The SMILES string of the molecule is Cc1cc(C(=O)N(CCC(=O)Nc2ccc(F)cc2)C[C@H]2CCCO2)c(C)o1. The number of nitrogens with zero attached hydrogens (tertiary/aromatic N) is 1. The Morgan fingerprint density at radius 3 is 2.61 bits per heavy atom. The van der Waals surface area contributed by atoms with Crippen LogP contribution in [0.2, 0.25) is 0 Å². The molecule has 0 radical (unpaired) electrons. The number of benzene rings is 1. The van der Waals surface area contributed by atoms with Gasteiger partial charge in [-0.1, -0.05) is 0 Å². The Kier molecular flexibility index (Phi) is 6.46. The van der Waals surface area contributed by atoms with Gasteiger partial charge in [-0.2, -0.15) is 0 Å². The number of rotatable bonds is 7. The molecule has 1 aromatic heterocycles. The molecule has 1 saturated heterocycles. The van der Waals surface area contributed by atoms with Crippen molar-refractivity contribution in [2.75, 3.05) is 25.0 Å². The number of furan rings is 1. The second-order valence-corrected chi connectivity index (χ2v) is 7.02. The number of amides is 2. The Hall–Kier alpha value is -2.67. The van der Waals surface area contributed by atoms with Gasteiger partial charge in [-0.25, -0.2) is 4.39 Å². The van der Waals surface area contributed by atoms with E-state index in [1.165, 1.54) is 24.3 Å². The smallest absolute Gasteiger partial charge is 0.257 e. The first kappa shape index (κ1) is 20.1. The van der Waals surface area contributed by atoms with Gasteiger partial charge in [-0.3, -0.25) is 9.59 Å². The minimum atomic E-state index is -0.364. The zero-order chi connectivity index (χ0) is 20.1. The van der Waals surface area contributed by atoms with Crippen LogP contribution in [0, 0.1) is 19.7 Å². The first-order chi connectivity index (χ1) is 13.4. The average molecular weight is 388 g/mol. The minimum absolute atomic E-state index is 0.0163. The number of hydrogen-bond donors (Lipinski definition) is 1. The van der Waals surface area contributed by atoms with Gasteiger partial charge in [0.05, 0.1) is 11.7 Å². The zero-order valence-electron chi connectivity index (χ0n) is 16.2. The summed E-state index contributed by atoms with van der Waals surface area (Å²) >= 11 is 0. The molecule has 0 unspecified atom stereocenters. The van der Waals surface area contributed by atoms with Crippen LogP contribution in [0.5, 0.6) is 0 Å². The molecule has 28 heavy (non-hydrogen) atoms. The van der Waals surface area contributed by atoms with Crippen molar-refractivity contribution in [1.82, 2.24) is 4.90 Å². The lowest BCUT2D eigenvalue weighted by Crippen LogP contribution is -2.39. The van der Waals surface area contributed by atoms with Gasteiger partial charge >= 0.3 is 0 Å². The van der Waals surface area contributed by atoms with E-state index in [1.54, 1.807) is 24.8 Å². The number of carbonyl (C=O) groups is 2. The summed E-state index contributed by atoms with van der Waals surface area (Å²) in [5.41, 5.74) is 1.03. The summed E-state index contributed by atoms with van der Waals surface area (Å²) < 4.78 is 24.1. The number of hydrogen-bond acceptors (Lipinski definition) is 4.